The number of benzene rings is 2. The molecule has 0 fully saturated rings. The predicted molar refractivity (Wildman–Crippen MR) is 114 cm³/mol. The van der Waals surface area contributed by atoms with E-state index in [0.717, 1.165) is 50.2 Å². The predicted octanol–water partition coefficient (Wildman–Crippen LogP) is 5.69. The fourth-order valence-corrected chi connectivity index (χ4v) is 3.89. The van der Waals surface area contributed by atoms with Crippen LogP contribution in [0.25, 0.3) is 50.2 Å². The summed E-state index contributed by atoms with van der Waals surface area (Å²) in [5, 5.41) is 2.05. The van der Waals surface area contributed by atoms with E-state index in [0.29, 0.717) is 5.71 Å². The molecule has 0 atom stereocenters. The molecule has 5 heteroatoms. The maximum Gasteiger partial charge on any atom is 0.227 e. The van der Waals surface area contributed by atoms with Gasteiger partial charge in [0.15, 0.2) is 0 Å². The first-order valence-electron chi connectivity index (χ1n) is 9.47. The Bertz CT molecular complexity index is 1510. The van der Waals surface area contributed by atoms with Crippen molar-refractivity contribution in [1.82, 2.24) is 19.5 Å². The highest BCUT2D eigenvalue weighted by atomic mass is 16.3. The van der Waals surface area contributed by atoms with Gasteiger partial charge in [-0.2, -0.15) is 0 Å². The quantitative estimate of drug-likeness (QED) is 0.389. The molecule has 0 aliphatic heterocycles. The van der Waals surface area contributed by atoms with E-state index in [1.165, 1.54) is 0 Å². The van der Waals surface area contributed by atoms with Crippen molar-refractivity contribution in [3.05, 3.63) is 84.8 Å². The number of fused-ring (bicyclic) bond motifs is 4. The topological polar surface area (TPSA) is 56.7 Å². The van der Waals surface area contributed by atoms with Crippen molar-refractivity contribution in [2.24, 2.45) is 0 Å². The zero-order valence-corrected chi connectivity index (χ0v) is 15.7. The largest absolute Gasteiger partial charge is 0.437 e. The van der Waals surface area contributed by atoms with Crippen LogP contribution in [0.4, 0.5) is 0 Å². The SMILES string of the molecule is Cc1ccc2c(n1)oc1c(-c3nc4ccncc4n3-c3ccccc3)cccc12. The van der Waals surface area contributed by atoms with Crippen LogP contribution in [-0.4, -0.2) is 19.5 Å². The zero-order chi connectivity index (χ0) is 19.4. The second-order valence-electron chi connectivity index (χ2n) is 7.06. The van der Waals surface area contributed by atoms with E-state index < -0.39 is 0 Å². The second kappa shape index (κ2) is 6.01. The summed E-state index contributed by atoms with van der Waals surface area (Å²) in [5.41, 5.74) is 6.17. The average molecular weight is 376 g/mol. The summed E-state index contributed by atoms with van der Waals surface area (Å²) in [4.78, 5) is 13.8. The minimum Gasteiger partial charge on any atom is -0.437 e. The van der Waals surface area contributed by atoms with Gasteiger partial charge in [0.2, 0.25) is 5.71 Å². The third-order valence-corrected chi connectivity index (χ3v) is 5.22. The van der Waals surface area contributed by atoms with Crippen molar-refractivity contribution in [2.45, 2.75) is 6.92 Å². The van der Waals surface area contributed by atoms with Gasteiger partial charge in [0, 0.05) is 28.4 Å². The first-order chi connectivity index (χ1) is 14.3. The molecule has 0 radical (unpaired) electrons. The lowest BCUT2D eigenvalue weighted by Gasteiger charge is -2.09. The molecule has 6 rings (SSSR count). The van der Waals surface area contributed by atoms with E-state index in [-0.39, 0.29) is 0 Å². The Morgan fingerprint density at radius 3 is 2.62 bits per heavy atom. The fourth-order valence-electron chi connectivity index (χ4n) is 3.89. The summed E-state index contributed by atoms with van der Waals surface area (Å²) in [6.45, 7) is 1.97. The average Bonchev–Trinajstić information content (AvgIpc) is 3.32. The number of rotatable bonds is 2. The van der Waals surface area contributed by atoms with Crippen LogP contribution >= 0.6 is 0 Å². The van der Waals surface area contributed by atoms with Gasteiger partial charge in [-0.3, -0.25) is 9.55 Å². The van der Waals surface area contributed by atoms with E-state index >= 15 is 0 Å². The highest BCUT2D eigenvalue weighted by molar-refractivity contribution is 6.08. The maximum absolute atomic E-state index is 6.23. The fraction of sp³-hybridized carbons (Fsp3) is 0.0417. The van der Waals surface area contributed by atoms with Crippen LogP contribution in [0.3, 0.4) is 0 Å². The van der Waals surface area contributed by atoms with E-state index in [1.807, 2.05) is 55.6 Å². The number of hydrogen-bond donors (Lipinski definition) is 0. The van der Waals surface area contributed by atoms with Gasteiger partial charge >= 0.3 is 0 Å². The maximum atomic E-state index is 6.23. The molecule has 4 heterocycles. The Morgan fingerprint density at radius 2 is 1.72 bits per heavy atom. The molecule has 6 aromatic rings. The molecule has 0 spiro atoms. The van der Waals surface area contributed by atoms with Crippen molar-refractivity contribution in [3.8, 4) is 17.1 Å². The normalized spacial score (nSPS) is 11.6. The molecule has 2 aromatic carbocycles. The minimum atomic E-state index is 0.650. The molecule has 4 aromatic heterocycles. The monoisotopic (exact) mass is 376 g/mol. The molecule has 0 aliphatic carbocycles. The number of furan rings is 1. The van der Waals surface area contributed by atoms with Crippen molar-refractivity contribution < 1.29 is 4.42 Å². The van der Waals surface area contributed by atoms with E-state index in [9.17, 15) is 0 Å². The number of aromatic nitrogens is 4. The lowest BCUT2D eigenvalue weighted by Crippen LogP contribution is -1.97. The van der Waals surface area contributed by atoms with Crippen LogP contribution in [0.5, 0.6) is 0 Å². The Hall–Kier alpha value is -3.99. The summed E-state index contributed by atoms with van der Waals surface area (Å²) in [6.07, 6.45) is 3.62. The van der Waals surface area contributed by atoms with Gasteiger partial charge in [0.25, 0.3) is 0 Å². The Balaban J connectivity index is 1.73. The van der Waals surface area contributed by atoms with Gasteiger partial charge in [-0.25, -0.2) is 9.97 Å². The molecule has 29 heavy (non-hydrogen) atoms. The van der Waals surface area contributed by atoms with Gasteiger partial charge < -0.3 is 4.42 Å². The highest BCUT2D eigenvalue weighted by Crippen LogP contribution is 2.37. The molecular formula is C24H16N4O. The summed E-state index contributed by atoms with van der Waals surface area (Å²) in [7, 11) is 0. The Labute approximate surface area is 166 Å². The highest BCUT2D eigenvalue weighted by Gasteiger charge is 2.19. The summed E-state index contributed by atoms with van der Waals surface area (Å²) < 4.78 is 8.35. The van der Waals surface area contributed by atoms with Crippen LogP contribution in [0, 0.1) is 6.92 Å². The van der Waals surface area contributed by atoms with Crippen LogP contribution in [0.2, 0.25) is 0 Å². The number of pyridine rings is 2. The molecule has 0 amide bonds. The first kappa shape index (κ1) is 16.0. The third-order valence-electron chi connectivity index (χ3n) is 5.22. The van der Waals surface area contributed by atoms with Crippen molar-refractivity contribution in [2.75, 3.05) is 0 Å². The number of para-hydroxylation sites is 2. The van der Waals surface area contributed by atoms with Gasteiger partial charge in [-0.15, -0.1) is 0 Å². The van der Waals surface area contributed by atoms with Crippen molar-refractivity contribution in [3.63, 3.8) is 0 Å². The van der Waals surface area contributed by atoms with Gasteiger partial charge in [0.1, 0.15) is 11.4 Å². The summed E-state index contributed by atoms with van der Waals surface area (Å²) in [6, 6.07) is 22.4. The molecule has 5 nitrogen and oxygen atoms in total. The minimum absolute atomic E-state index is 0.650. The molecule has 0 N–H and O–H groups in total. The smallest absolute Gasteiger partial charge is 0.227 e. The van der Waals surface area contributed by atoms with E-state index in [4.69, 9.17) is 9.40 Å². The zero-order valence-electron chi connectivity index (χ0n) is 15.7. The third kappa shape index (κ3) is 2.37. The van der Waals surface area contributed by atoms with Crippen LogP contribution in [0.1, 0.15) is 5.69 Å². The molecule has 138 valence electrons. The lowest BCUT2D eigenvalue weighted by molar-refractivity contribution is 0.653. The van der Waals surface area contributed by atoms with Gasteiger partial charge in [-0.05, 0) is 43.3 Å². The Morgan fingerprint density at radius 1 is 0.828 bits per heavy atom. The first-order valence-corrected chi connectivity index (χ1v) is 9.47. The standard InChI is InChI=1S/C24H16N4O/c1-15-10-11-18-17-8-5-9-19(22(17)29-24(18)26-15)23-27-20-12-13-25-14-21(20)28(23)16-6-3-2-4-7-16/h2-14H,1H3. The molecule has 0 bridgehead atoms. The van der Waals surface area contributed by atoms with Gasteiger partial charge in [0.05, 0.1) is 22.8 Å². The molecule has 0 saturated carbocycles. The number of aryl methyl sites for hydroxylation is 1. The van der Waals surface area contributed by atoms with Crippen LogP contribution in [-0.2, 0) is 0 Å². The lowest BCUT2D eigenvalue weighted by atomic mass is 10.1. The van der Waals surface area contributed by atoms with E-state index in [2.05, 4.69) is 38.8 Å². The van der Waals surface area contributed by atoms with Crippen LogP contribution in [0.15, 0.2) is 83.5 Å². The summed E-state index contributed by atoms with van der Waals surface area (Å²) >= 11 is 0. The number of nitrogens with zero attached hydrogens (tertiary/aromatic N) is 4. The van der Waals surface area contributed by atoms with Crippen molar-refractivity contribution >= 4 is 33.1 Å². The van der Waals surface area contributed by atoms with Crippen LogP contribution < -0.4 is 0 Å². The number of imidazole rings is 1. The molecule has 0 aliphatic rings. The number of hydrogen-bond acceptors (Lipinski definition) is 4. The van der Waals surface area contributed by atoms with E-state index in [1.54, 1.807) is 6.20 Å². The molecule has 0 unspecified atom stereocenters. The summed E-state index contributed by atoms with van der Waals surface area (Å²) in [5.74, 6) is 0.820. The molecule has 0 saturated heterocycles. The van der Waals surface area contributed by atoms with Crippen molar-refractivity contribution in [1.29, 1.82) is 0 Å². The van der Waals surface area contributed by atoms with Gasteiger partial charge in [-0.1, -0.05) is 30.3 Å². The Kier molecular flexibility index (Phi) is 3.32. The second-order valence-corrected chi connectivity index (χ2v) is 7.06. The molecular weight excluding hydrogens is 360 g/mol.